The number of carboxylic acid groups (broad SMARTS) is 1. The van der Waals surface area contributed by atoms with E-state index in [4.69, 9.17) is 14.6 Å². The fourth-order valence-electron chi connectivity index (χ4n) is 2.15. The third-order valence-corrected chi connectivity index (χ3v) is 3.10. The number of rotatable bonds is 11. The van der Waals surface area contributed by atoms with Crippen LogP contribution in [-0.4, -0.2) is 36.7 Å². The van der Waals surface area contributed by atoms with Crippen molar-refractivity contribution in [2.45, 2.75) is 39.2 Å². The average Bonchev–Trinajstić information content (AvgIpc) is 2.48. The molecule has 22 heavy (non-hydrogen) atoms. The molecular formula is C16H23NO5. The molecule has 0 aromatic heterocycles. The van der Waals surface area contributed by atoms with Crippen LogP contribution < -0.4 is 14.8 Å². The van der Waals surface area contributed by atoms with Crippen LogP contribution in [0.5, 0.6) is 11.5 Å². The molecule has 1 unspecified atom stereocenters. The zero-order valence-electron chi connectivity index (χ0n) is 13.0. The topological polar surface area (TPSA) is 84.9 Å². The molecule has 0 aliphatic carbocycles. The number of carbonyl (C=O) groups excluding carboxylic acids is 1. The molecule has 0 aliphatic heterocycles. The molecule has 6 heteroatoms. The van der Waals surface area contributed by atoms with E-state index in [1.54, 1.807) is 0 Å². The molecule has 0 bridgehead atoms. The van der Waals surface area contributed by atoms with Crippen LogP contribution >= 0.6 is 0 Å². The number of amides is 1. The first-order valence-electron chi connectivity index (χ1n) is 7.40. The van der Waals surface area contributed by atoms with Gasteiger partial charge in [-0.15, -0.1) is 0 Å². The molecule has 0 saturated heterocycles. The van der Waals surface area contributed by atoms with Crippen molar-refractivity contribution in [3.63, 3.8) is 0 Å². The molecule has 1 rings (SSSR count). The fourth-order valence-corrected chi connectivity index (χ4v) is 2.15. The summed E-state index contributed by atoms with van der Waals surface area (Å²) in [5.74, 6) is 0.461. The molecular weight excluding hydrogens is 286 g/mol. The highest BCUT2D eigenvalue weighted by atomic mass is 16.5. The predicted octanol–water partition coefficient (Wildman–Crippen LogP) is 2.01. The lowest BCUT2D eigenvalue weighted by Crippen LogP contribution is -2.30. The first kappa shape index (κ1) is 17.8. The Bertz CT molecular complexity index is 489. The maximum absolute atomic E-state index is 10.7. The van der Waals surface area contributed by atoms with E-state index >= 15 is 0 Å². The molecule has 0 heterocycles. The van der Waals surface area contributed by atoms with Gasteiger partial charge in [0, 0.05) is 12.5 Å². The van der Waals surface area contributed by atoms with Crippen LogP contribution in [0.1, 0.15) is 32.3 Å². The monoisotopic (exact) mass is 309 g/mol. The number of hydrogen-bond donors (Lipinski definition) is 2. The van der Waals surface area contributed by atoms with Crippen molar-refractivity contribution in [1.82, 2.24) is 5.32 Å². The van der Waals surface area contributed by atoms with Gasteiger partial charge in [0.25, 0.3) is 0 Å². The lowest BCUT2D eigenvalue weighted by Gasteiger charge is -2.17. The maximum Gasteiger partial charge on any atom is 0.303 e. The van der Waals surface area contributed by atoms with Crippen LogP contribution in [0.2, 0.25) is 0 Å². The first-order valence-corrected chi connectivity index (χ1v) is 7.40. The van der Waals surface area contributed by atoms with Gasteiger partial charge < -0.3 is 19.9 Å². The van der Waals surface area contributed by atoms with Crippen LogP contribution in [0, 0.1) is 0 Å². The smallest absolute Gasteiger partial charge is 0.303 e. The van der Waals surface area contributed by atoms with Gasteiger partial charge in [0.1, 0.15) is 0 Å². The van der Waals surface area contributed by atoms with E-state index in [1.165, 1.54) is 0 Å². The van der Waals surface area contributed by atoms with Gasteiger partial charge in [-0.1, -0.05) is 6.07 Å². The van der Waals surface area contributed by atoms with Crippen molar-refractivity contribution in [2.24, 2.45) is 0 Å². The second-order valence-corrected chi connectivity index (χ2v) is 4.77. The molecule has 0 fully saturated rings. The second-order valence-electron chi connectivity index (χ2n) is 4.77. The van der Waals surface area contributed by atoms with E-state index in [0.717, 1.165) is 5.56 Å². The van der Waals surface area contributed by atoms with Gasteiger partial charge in [-0.3, -0.25) is 9.59 Å². The number of hydrogen-bond acceptors (Lipinski definition) is 4. The summed E-state index contributed by atoms with van der Waals surface area (Å²) >= 11 is 0. The van der Waals surface area contributed by atoms with E-state index in [9.17, 15) is 9.59 Å². The molecule has 1 amide bonds. The fraction of sp³-hybridized carbons (Fsp3) is 0.500. The molecule has 1 aromatic rings. The molecule has 0 radical (unpaired) electrons. The van der Waals surface area contributed by atoms with Crippen LogP contribution in [0.4, 0.5) is 0 Å². The Labute approximate surface area is 130 Å². The van der Waals surface area contributed by atoms with E-state index in [2.05, 4.69) is 5.32 Å². The Hall–Kier alpha value is -2.24. The normalized spacial score (nSPS) is 11.5. The van der Waals surface area contributed by atoms with Crippen molar-refractivity contribution in [1.29, 1.82) is 0 Å². The van der Waals surface area contributed by atoms with Crippen molar-refractivity contribution in [3.05, 3.63) is 23.8 Å². The quantitative estimate of drug-likeness (QED) is 0.611. The minimum Gasteiger partial charge on any atom is -0.490 e. The number of ether oxygens (including phenoxy) is 2. The summed E-state index contributed by atoms with van der Waals surface area (Å²) in [5.41, 5.74) is 0.955. The number of aliphatic carboxylic acids is 1. The van der Waals surface area contributed by atoms with Crippen LogP contribution in [0.25, 0.3) is 0 Å². The summed E-state index contributed by atoms with van der Waals surface area (Å²) in [6, 6.07) is 5.38. The zero-order chi connectivity index (χ0) is 16.4. The number of carbonyl (C=O) groups is 2. The highest BCUT2D eigenvalue weighted by Crippen LogP contribution is 2.29. The van der Waals surface area contributed by atoms with Gasteiger partial charge in [0.2, 0.25) is 6.41 Å². The van der Waals surface area contributed by atoms with Crippen LogP contribution in [0.3, 0.4) is 0 Å². The first-order chi connectivity index (χ1) is 10.6. The molecule has 0 spiro atoms. The number of benzene rings is 1. The Morgan fingerprint density at radius 1 is 1.27 bits per heavy atom. The third kappa shape index (κ3) is 6.03. The van der Waals surface area contributed by atoms with Gasteiger partial charge in [-0.05, 0) is 44.4 Å². The van der Waals surface area contributed by atoms with Crippen molar-refractivity contribution in [2.75, 3.05) is 13.2 Å². The lowest BCUT2D eigenvalue weighted by molar-refractivity contribution is -0.137. The van der Waals surface area contributed by atoms with Crippen molar-refractivity contribution < 1.29 is 24.2 Å². The maximum atomic E-state index is 10.7. The van der Waals surface area contributed by atoms with Gasteiger partial charge in [-0.2, -0.15) is 0 Å². The van der Waals surface area contributed by atoms with Gasteiger partial charge in [-0.25, -0.2) is 0 Å². The minimum atomic E-state index is -0.876. The van der Waals surface area contributed by atoms with E-state index in [0.29, 0.717) is 44.0 Å². The lowest BCUT2D eigenvalue weighted by atomic mass is 10.0. The third-order valence-electron chi connectivity index (χ3n) is 3.10. The van der Waals surface area contributed by atoms with Gasteiger partial charge >= 0.3 is 5.97 Å². The summed E-state index contributed by atoms with van der Waals surface area (Å²) < 4.78 is 11.1. The number of nitrogens with one attached hydrogen (secondary N) is 1. The largest absolute Gasteiger partial charge is 0.490 e. The van der Waals surface area contributed by atoms with E-state index in [-0.39, 0.29) is 12.5 Å². The van der Waals surface area contributed by atoms with Gasteiger partial charge in [0.15, 0.2) is 11.5 Å². The predicted molar refractivity (Wildman–Crippen MR) is 82.3 cm³/mol. The molecule has 1 atom stereocenters. The summed E-state index contributed by atoms with van der Waals surface area (Å²) in [4.78, 5) is 21.3. The van der Waals surface area contributed by atoms with E-state index < -0.39 is 5.97 Å². The SMILES string of the molecule is CCOc1ccc(CC(CCC(=O)O)NC=O)cc1OCC. The minimum absolute atomic E-state index is 0.0147. The molecule has 6 nitrogen and oxygen atoms in total. The molecule has 0 saturated carbocycles. The molecule has 1 aromatic carbocycles. The van der Waals surface area contributed by atoms with Crippen LogP contribution in [0.15, 0.2) is 18.2 Å². The zero-order valence-corrected chi connectivity index (χ0v) is 13.0. The summed E-state index contributed by atoms with van der Waals surface area (Å²) in [6.07, 6.45) is 1.54. The summed E-state index contributed by atoms with van der Waals surface area (Å²) in [5, 5.41) is 11.4. The molecule has 0 aliphatic rings. The molecule has 2 N–H and O–H groups in total. The van der Waals surface area contributed by atoms with Gasteiger partial charge in [0.05, 0.1) is 13.2 Å². The highest BCUT2D eigenvalue weighted by molar-refractivity contribution is 5.66. The Morgan fingerprint density at radius 2 is 1.95 bits per heavy atom. The molecule has 122 valence electrons. The standard InChI is InChI=1S/C16H23NO5/c1-3-21-14-7-5-12(10-15(14)22-4-2)9-13(17-11-18)6-8-16(19)20/h5,7,10-11,13H,3-4,6,8-9H2,1-2H3,(H,17,18)(H,19,20). The average molecular weight is 309 g/mol. The summed E-state index contributed by atoms with van der Waals surface area (Å²) in [6.45, 7) is 4.87. The summed E-state index contributed by atoms with van der Waals surface area (Å²) in [7, 11) is 0. The Balaban J connectivity index is 2.82. The highest BCUT2D eigenvalue weighted by Gasteiger charge is 2.13. The van der Waals surface area contributed by atoms with Crippen molar-refractivity contribution >= 4 is 12.4 Å². The van der Waals surface area contributed by atoms with Crippen molar-refractivity contribution in [3.8, 4) is 11.5 Å². The Kier molecular flexibility index (Phi) is 7.81. The Morgan fingerprint density at radius 3 is 2.55 bits per heavy atom. The number of carboxylic acids is 1. The van der Waals surface area contributed by atoms with E-state index in [1.807, 2.05) is 32.0 Å². The van der Waals surface area contributed by atoms with Crippen LogP contribution in [-0.2, 0) is 16.0 Å². The second kappa shape index (κ2) is 9.65.